The van der Waals surface area contributed by atoms with Crippen molar-refractivity contribution >= 4 is 34.2 Å². The molecule has 31 heavy (non-hydrogen) atoms. The summed E-state index contributed by atoms with van der Waals surface area (Å²) in [6.07, 6.45) is 0.286. The van der Waals surface area contributed by atoms with Gasteiger partial charge >= 0.3 is 6.09 Å². The Labute approximate surface area is 175 Å². The third kappa shape index (κ3) is 3.17. The maximum Gasteiger partial charge on any atom is 0.414 e. The Bertz CT molecular complexity index is 1240. The van der Waals surface area contributed by atoms with E-state index in [1.165, 1.54) is 17.2 Å². The maximum atomic E-state index is 15.0. The zero-order valence-corrected chi connectivity index (χ0v) is 16.6. The van der Waals surface area contributed by atoms with Gasteiger partial charge in [0.1, 0.15) is 11.9 Å². The molecule has 0 unspecified atom stereocenters. The average Bonchev–Trinajstić information content (AvgIpc) is 3.16. The fourth-order valence-corrected chi connectivity index (χ4v) is 4.18. The first-order chi connectivity index (χ1) is 15.0. The zero-order valence-electron chi connectivity index (χ0n) is 16.6. The van der Waals surface area contributed by atoms with Crippen LogP contribution in [0, 0.1) is 5.82 Å². The van der Waals surface area contributed by atoms with E-state index in [0.717, 1.165) is 0 Å². The lowest BCUT2D eigenvalue weighted by Gasteiger charge is -2.23. The van der Waals surface area contributed by atoms with Gasteiger partial charge in [-0.15, -0.1) is 0 Å². The van der Waals surface area contributed by atoms with Crippen LogP contribution >= 0.6 is 0 Å². The number of benzene rings is 1. The highest BCUT2D eigenvalue weighted by atomic mass is 19.1. The highest BCUT2D eigenvalue weighted by Gasteiger charge is 2.32. The Balaban J connectivity index is 1.40. The van der Waals surface area contributed by atoms with Crippen molar-refractivity contribution in [2.75, 3.05) is 41.8 Å². The van der Waals surface area contributed by atoms with Crippen LogP contribution in [-0.2, 0) is 17.8 Å². The molecule has 1 aromatic carbocycles. The average molecular weight is 428 g/mol. The molecule has 1 amide bonds. The molecule has 1 atom stereocenters. The monoisotopic (exact) mass is 428 g/mol. The van der Waals surface area contributed by atoms with E-state index in [9.17, 15) is 19.1 Å². The minimum absolute atomic E-state index is 0.167. The summed E-state index contributed by atoms with van der Waals surface area (Å²) in [5, 5.41) is 9.65. The summed E-state index contributed by atoms with van der Waals surface area (Å²) in [7, 11) is 0. The van der Waals surface area contributed by atoms with Gasteiger partial charge in [-0.2, -0.15) is 0 Å². The quantitative estimate of drug-likeness (QED) is 0.632. The van der Waals surface area contributed by atoms with Crippen LogP contribution in [0.3, 0.4) is 0 Å². The molecule has 0 radical (unpaired) electrons. The summed E-state index contributed by atoms with van der Waals surface area (Å²) >= 11 is 0. The molecule has 2 aliphatic rings. The number of cyclic esters (lactones) is 1. The number of hydrogen-bond donors (Lipinski definition) is 2. The molecular weight excluding hydrogens is 407 g/mol. The Kier molecular flexibility index (Phi) is 4.54. The molecule has 10 nitrogen and oxygen atoms in total. The van der Waals surface area contributed by atoms with Gasteiger partial charge in [-0.3, -0.25) is 14.4 Å². The predicted octanol–water partition coefficient (Wildman–Crippen LogP) is 0.757. The third-order valence-electron chi connectivity index (χ3n) is 5.71. The van der Waals surface area contributed by atoms with E-state index in [1.807, 2.05) is 4.90 Å². The van der Waals surface area contributed by atoms with Gasteiger partial charge in [-0.05, 0) is 24.3 Å². The van der Waals surface area contributed by atoms with Gasteiger partial charge in [-0.1, -0.05) is 0 Å². The standard InChI is InChI=1S/C20H21FN6O4/c21-16-8-13(25-10-14(11-28)31-20(25)30)1-2-17(16)24-3-5-26-18-15(7-12(22)9-23-18)19(29)27(26)6-4-24/h1-2,7-9,14,28H,3-6,10-11,22H2/t14-/m1/s1. The summed E-state index contributed by atoms with van der Waals surface area (Å²) in [6, 6.07) is 6.18. The predicted molar refractivity (Wildman–Crippen MR) is 112 cm³/mol. The second-order valence-corrected chi connectivity index (χ2v) is 7.61. The number of amides is 1. The minimum atomic E-state index is -0.618. The third-order valence-corrected chi connectivity index (χ3v) is 5.71. The molecule has 3 N–H and O–H groups in total. The second-order valence-electron chi connectivity index (χ2n) is 7.61. The molecule has 1 saturated heterocycles. The normalized spacial score (nSPS) is 18.9. The Morgan fingerprint density at radius 2 is 1.94 bits per heavy atom. The van der Waals surface area contributed by atoms with E-state index in [-0.39, 0.29) is 18.7 Å². The summed E-state index contributed by atoms with van der Waals surface area (Å²) in [6.45, 7) is 1.61. The molecule has 1 fully saturated rings. The number of fused-ring (bicyclic) bond motifs is 3. The highest BCUT2D eigenvalue weighted by molar-refractivity contribution is 5.90. The van der Waals surface area contributed by atoms with Crippen LogP contribution in [-0.4, -0.2) is 57.9 Å². The van der Waals surface area contributed by atoms with Crippen LogP contribution in [0.15, 0.2) is 35.3 Å². The van der Waals surface area contributed by atoms with Crippen LogP contribution < -0.4 is 21.1 Å². The number of rotatable bonds is 3. The van der Waals surface area contributed by atoms with Crippen molar-refractivity contribution in [3.63, 3.8) is 0 Å². The van der Waals surface area contributed by atoms with Gasteiger partial charge in [0, 0.05) is 13.1 Å². The number of anilines is 3. The fourth-order valence-electron chi connectivity index (χ4n) is 4.18. The van der Waals surface area contributed by atoms with Crippen molar-refractivity contribution in [1.29, 1.82) is 0 Å². The SMILES string of the molecule is Nc1cnc2c(c1)c(=O)n1n2CCN(c2ccc(N3C[C@H](CO)OC3=O)cc2F)CC1. The van der Waals surface area contributed by atoms with Crippen LogP contribution in [0.1, 0.15) is 0 Å². The van der Waals surface area contributed by atoms with Crippen LogP contribution in [0.4, 0.5) is 26.2 Å². The van der Waals surface area contributed by atoms with E-state index in [2.05, 4.69) is 4.98 Å². The van der Waals surface area contributed by atoms with Gasteiger partial charge in [0.25, 0.3) is 5.56 Å². The van der Waals surface area contributed by atoms with Crippen LogP contribution in [0.25, 0.3) is 11.0 Å². The molecule has 3 aromatic rings. The molecule has 162 valence electrons. The number of hydrogen-bond acceptors (Lipinski definition) is 7. The summed E-state index contributed by atoms with van der Waals surface area (Å²) in [4.78, 5) is 32.2. The first-order valence-electron chi connectivity index (χ1n) is 9.94. The fraction of sp³-hybridized carbons (Fsp3) is 0.350. The van der Waals surface area contributed by atoms with Crippen molar-refractivity contribution in [3.8, 4) is 0 Å². The molecule has 0 aliphatic carbocycles. The van der Waals surface area contributed by atoms with E-state index >= 15 is 0 Å². The molecule has 0 bridgehead atoms. The van der Waals surface area contributed by atoms with Crippen molar-refractivity contribution < 1.29 is 19.0 Å². The lowest BCUT2D eigenvalue weighted by molar-refractivity contribution is 0.0963. The maximum absolute atomic E-state index is 15.0. The van der Waals surface area contributed by atoms with Crippen LogP contribution in [0.2, 0.25) is 0 Å². The van der Waals surface area contributed by atoms with E-state index in [1.54, 1.807) is 27.6 Å². The van der Waals surface area contributed by atoms with Crippen molar-refractivity contribution in [3.05, 3.63) is 46.6 Å². The topological polar surface area (TPSA) is 119 Å². The number of aliphatic hydroxyl groups is 1. The molecule has 0 spiro atoms. The number of nitrogens with two attached hydrogens (primary N) is 1. The number of pyridine rings is 1. The Hall–Kier alpha value is -3.60. The Morgan fingerprint density at radius 1 is 1.16 bits per heavy atom. The van der Waals surface area contributed by atoms with E-state index in [0.29, 0.717) is 54.3 Å². The first-order valence-corrected chi connectivity index (χ1v) is 9.94. The van der Waals surface area contributed by atoms with Gasteiger partial charge in [0.2, 0.25) is 0 Å². The van der Waals surface area contributed by atoms with Crippen LogP contribution in [0.5, 0.6) is 0 Å². The Morgan fingerprint density at radius 3 is 2.65 bits per heavy atom. The number of carbonyl (C=O) groups is 1. The molecule has 2 aromatic heterocycles. The largest absolute Gasteiger partial charge is 0.441 e. The number of nitrogens with zero attached hydrogens (tertiary/aromatic N) is 5. The second kappa shape index (κ2) is 7.27. The van der Waals surface area contributed by atoms with E-state index in [4.69, 9.17) is 10.5 Å². The van der Waals surface area contributed by atoms with Gasteiger partial charge in [0.05, 0.1) is 54.9 Å². The smallest absolute Gasteiger partial charge is 0.414 e. The number of nitrogen functional groups attached to an aromatic ring is 1. The summed E-state index contributed by atoms with van der Waals surface area (Å²) < 4.78 is 23.4. The van der Waals surface area contributed by atoms with Gasteiger partial charge in [-0.25, -0.2) is 18.9 Å². The number of ether oxygens (including phenoxy) is 1. The molecule has 11 heteroatoms. The number of carbonyl (C=O) groups excluding carboxylic acids is 1. The molecule has 0 saturated carbocycles. The lowest BCUT2D eigenvalue weighted by Crippen LogP contribution is -2.29. The van der Waals surface area contributed by atoms with Gasteiger partial charge in [0.15, 0.2) is 5.65 Å². The number of aliphatic hydroxyl groups excluding tert-OH is 1. The van der Waals surface area contributed by atoms with Crippen molar-refractivity contribution in [1.82, 2.24) is 14.3 Å². The lowest BCUT2D eigenvalue weighted by atomic mass is 10.2. The minimum Gasteiger partial charge on any atom is -0.441 e. The first kappa shape index (κ1) is 19.4. The number of aromatic nitrogens is 3. The highest BCUT2D eigenvalue weighted by Crippen LogP contribution is 2.28. The van der Waals surface area contributed by atoms with Crippen molar-refractivity contribution in [2.45, 2.75) is 19.2 Å². The molecule has 4 heterocycles. The molecular formula is C20H21FN6O4. The van der Waals surface area contributed by atoms with E-state index < -0.39 is 18.0 Å². The van der Waals surface area contributed by atoms with Crippen molar-refractivity contribution in [2.24, 2.45) is 0 Å². The summed E-state index contributed by atoms with van der Waals surface area (Å²) in [5.41, 5.74) is 7.34. The van der Waals surface area contributed by atoms with Gasteiger partial charge < -0.3 is 20.5 Å². The summed E-state index contributed by atoms with van der Waals surface area (Å²) in [5.74, 6) is -0.479. The molecule has 5 rings (SSSR count). The zero-order chi connectivity index (χ0) is 21.7. The number of halogens is 1. The molecule has 2 aliphatic heterocycles.